The predicted molar refractivity (Wildman–Crippen MR) is 108 cm³/mol. The second kappa shape index (κ2) is 8.08. The summed E-state index contributed by atoms with van der Waals surface area (Å²) in [6, 6.07) is 6.85. The third-order valence-corrected chi connectivity index (χ3v) is 4.38. The van der Waals surface area contributed by atoms with Crippen LogP contribution in [-0.2, 0) is 10.2 Å². The number of ether oxygens (including phenoxy) is 1. The van der Waals surface area contributed by atoms with Crippen LogP contribution in [0.1, 0.15) is 47.2 Å². The van der Waals surface area contributed by atoms with Crippen LogP contribution in [0.25, 0.3) is 10.6 Å². The van der Waals surface area contributed by atoms with Gasteiger partial charge in [0.05, 0.1) is 5.69 Å². The van der Waals surface area contributed by atoms with Gasteiger partial charge in [-0.15, -0.1) is 11.3 Å². The molecule has 7 heteroatoms. The van der Waals surface area contributed by atoms with E-state index >= 15 is 0 Å². The Morgan fingerprint density at radius 2 is 1.70 bits per heavy atom. The van der Waals surface area contributed by atoms with Gasteiger partial charge in [0.25, 0.3) is 5.91 Å². The molecule has 1 aromatic carbocycles. The van der Waals surface area contributed by atoms with Crippen LogP contribution in [0.15, 0.2) is 29.6 Å². The minimum atomic E-state index is -0.537. The summed E-state index contributed by atoms with van der Waals surface area (Å²) in [5, 5.41) is 7.92. The smallest absolute Gasteiger partial charge is 0.321 e. The van der Waals surface area contributed by atoms with Gasteiger partial charge < -0.3 is 10.1 Å². The first-order valence-electron chi connectivity index (χ1n) is 8.75. The zero-order chi connectivity index (χ0) is 20.2. The van der Waals surface area contributed by atoms with E-state index in [1.165, 1.54) is 0 Å². The van der Waals surface area contributed by atoms with E-state index in [1.54, 1.807) is 23.5 Å². The first-order valence-corrected chi connectivity index (χ1v) is 9.63. The van der Waals surface area contributed by atoms with E-state index in [0.717, 1.165) is 16.3 Å². The molecule has 0 aliphatic heterocycles. The quantitative estimate of drug-likeness (QED) is 0.825. The van der Waals surface area contributed by atoms with Crippen molar-refractivity contribution >= 4 is 23.3 Å². The van der Waals surface area contributed by atoms with Crippen LogP contribution in [0.5, 0.6) is 5.75 Å². The summed E-state index contributed by atoms with van der Waals surface area (Å²) in [6.07, 6.45) is 0. The van der Waals surface area contributed by atoms with Gasteiger partial charge in [-0.3, -0.25) is 10.1 Å². The van der Waals surface area contributed by atoms with Crippen molar-refractivity contribution in [2.75, 3.05) is 6.61 Å². The lowest BCUT2D eigenvalue weighted by atomic mass is 9.93. The standard InChI is InChI=1S/C20H27N3O3S/c1-19(2,3)15-12-27-17(21-15)13-7-9-14(10-8-13)26-11-16(24)22-18(25)23-20(4,5)6/h7-10,12H,11H2,1-6H3,(H2,22,23,24,25). The van der Waals surface area contributed by atoms with E-state index in [9.17, 15) is 9.59 Å². The van der Waals surface area contributed by atoms with E-state index in [2.05, 4.69) is 41.8 Å². The molecule has 0 bridgehead atoms. The van der Waals surface area contributed by atoms with Crippen molar-refractivity contribution in [1.29, 1.82) is 0 Å². The van der Waals surface area contributed by atoms with Crippen molar-refractivity contribution in [3.05, 3.63) is 35.3 Å². The molecule has 6 nitrogen and oxygen atoms in total. The summed E-state index contributed by atoms with van der Waals surface area (Å²) in [6.45, 7) is 11.7. The van der Waals surface area contributed by atoms with Crippen LogP contribution in [0, 0.1) is 0 Å². The van der Waals surface area contributed by atoms with Crippen LogP contribution >= 0.6 is 11.3 Å². The molecule has 2 N–H and O–H groups in total. The van der Waals surface area contributed by atoms with Crippen molar-refractivity contribution in [1.82, 2.24) is 15.6 Å². The molecule has 146 valence electrons. The number of nitrogens with zero attached hydrogens (tertiary/aromatic N) is 1. The number of hydrogen-bond acceptors (Lipinski definition) is 5. The Labute approximate surface area is 164 Å². The lowest BCUT2D eigenvalue weighted by Crippen LogP contribution is -2.49. The molecule has 2 aromatic rings. The summed E-state index contributed by atoms with van der Waals surface area (Å²) < 4.78 is 5.44. The third kappa shape index (κ3) is 6.67. The van der Waals surface area contributed by atoms with Gasteiger partial charge in [-0.05, 0) is 45.0 Å². The molecular formula is C20H27N3O3S. The maximum Gasteiger partial charge on any atom is 0.321 e. The van der Waals surface area contributed by atoms with Crippen molar-refractivity contribution in [3.63, 3.8) is 0 Å². The van der Waals surface area contributed by atoms with Crippen LogP contribution < -0.4 is 15.4 Å². The molecule has 0 saturated carbocycles. The zero-order valence-corrected chi connectivity index (χ0v) is 17.5. The van der Waals surface area contributed by atoms with Crippen molar-refractivity contribution < 1.29 is 14.3 Å². The van der Waals surface area contributed by atoms with Crippen molar-refractivity contribution in [2.45, 2.75) is 52.5 Å². The number of nitrogens with one attached hydrogen (secondary N) is 2. The summed E-state index contributed by atoms with van der Waals surface area (Å²) in [5.41, 5.74) is 1.67. The Kier molecular flexibility index (Phi) is 6.26. The number of thiazole rings is 1. The number of carbonyl (C=O) groups is 2. The highest BCUT2D eigenvalue weighted by Gasteiger charge is 2.18. The highest BCUT2D eigenvalue weighted by atomic mass is 32.1. The second-order valence-electron chi connectivity index (χ2n) is 8.35. The molecule has 0 spiro atoms. The number of aromatic nitrogens is 1. The number of amides is 3. The van der Waals surface area contributed by atoms with Gasteiger partial charge in [-0.2, -0.15) is 0 Å². The first kappa shape index (κ1) is 20.9. The normalized spacial score (nSPS) is 11.8. The van der Waals surface area contributed by atoms with E-state index in [0.29, 0.717) is 5.75 Å². The lowest BCUT2D eigenvalue weighted by molar-refractivity contribution is -0.122. The Morgan fingerprint density at radius 1 is 1.07 bits per heavy atom. The number of imide groups is 1. The van der Waals surface area contributed by atoms with E-state index in [1.807, 2.05) is 32.9 Å². The molecule has 0 aliphatic carbocycles. The van der Waals surface area contributed by atoms with E-state index in [4.69, 9.17) is 4.74 Å². The lowest BCUT2D eigenvalue weighted by Gasteiger charge is -2.20. The fraction of sp³-hybridized carbons (Fsp3) is 0.450. The number of carbonyl (C=O) groups excluding carboxylic acids is 2. The minimum absolute atomic E-state index is 0.0183. The molecular weight excluding hydrogens is 362 g/mol. The Balaban J connectivity index is 1.90. The average molecular weight is 390 g/mol. The Morgan fingerprint density at radius 3 is 2.22 bits per heavy atom. The van der Waals surface area contributed by atoms with Crippen molar-refractivity contribution in [3.8, 4) is 16.3 Å². The molecule has 0 radical (unpaired) electrons. The average Bonchev–Trinajstić information content (AvgIpc) is 3.01. The van der Waals surface area contributed by atoms with Gasteiger partial charge in [0.1, 0.15) is 10.8 Å². The summed E-state index contributed by atoms with van der Waals surface area (Å²) in [7, 11) is 0. The van der Waals surface area contributed by atoms with Gasteiger partial charge in [0.2, 0.25) is 0 Å². The second-order valence-corrected chi connectivity index (χ2v) is 9.21. The number of hydrogen-bond donors (Lipinski definition) is 2. The molecule has 3 amide bonds. The first-order chi connectivity index (χ1) is 12.4. The van der Waals surface area contributed by atoms with Gasteiger partial charge >= 0.3 is 6.03 Å². The summed E-state index contributed by atoms with van der Waals surface area (Å²) >= 11 is 1.60. The monoisotopic (exact) mass is 389 g/mol. The molecule has 27 heavy (non-hydrogen) atoms. The Hall–Kier alpha value is -2.41. The van der Waals surface area contributed by atoms with Gasteiger partial charge in [0, 0.05) is 21.9 Å². The number of rotatable bonds is 4. The Bertz CT molecular complexity index is 799. The summed E-state index contributed by atoms with van der Waals surface area (Å²) in [4.78, 5) is 28.1. The predicted octanol–water partition coefficient (Wildman–Crippen LogP) is 4.11. The molecule has 2 rings (SSSR count). The van der Waals surface area contributed by atoms with Gasteiger partial charge in [-0.25, -0.2) is 9.78 Å². The topological polar surface area (TPSA) is 80.3 Å². The fourth-order valence-electron chi connectivity index (χ4n) is 2.13. The molecule has 1 heterocycles. The fourth-order valence-corrected chi connectivity index (χ4v) is 3.18. The van der Waals surface area contributed by atoms with Crippen LogP contribution in [-0.4, -0.2) is 29.1 Å². The molecule has 0 saturated heterocycles. The SMILES string of the molecule is CC(C)(C)NC(=O)NC(=O)COc1ccc(-c2nc(C(C)(C)C)cs2)cc1. The highest BCUT2D eigenvalue weighted by molar-refractivity contribution is 7.13. The molecule has 0 aliphatic rings. The largest absolute Gasteiger partial charge is 0.484 e. The summed E-state index contributed by atoms with van der Waals surface area (Å²) in [5.74, 6) is 0.0494. The maximum atomic E-state index is 11.8. The van der Waals surface area contributed by atoms with Gasteiger partial charge in [-0.1, -0.05) is 20.8 Å². The number of benzene rings is 1. The van der Waals surface area contributed by atoms with E-state index < -0.39 is 17.5 Å². The highest BCUT2D eigenvalue weighted by Crippen LogP contribution is 2.30. The zero-order valence-electron chi connectivity index (χ0n) is 16.7. The molecule has 0 unspecified atom stereocenters. The third-order valence-electron chi connectivity index (χ3n) is 3.49. The van der Waals surface area contributed by atoms with Gasteiger partial charge in [0.15, 0.2) is 6.61 Å². The van der Waals surface area contributed by atoms with Crippen molar-refractivity contribution in [2.24, 2.45) is 0 Å². The molecule has 0 atom stereocenters. The molecule has 0 fully saturated rings. The number of urea groups is 1. The van der Waals surface area contributed by atoms with Crippen LogP contribution in [0.3, 0.4) is 0 Å². The van der Waals surface area contributed by atoms with E-state index in [-0.39, 0.29) is 12.0 Å². The maximum absolute atomic E-state index is 11.8. The molecule has 1 aromatic heterocycles. The minimum Gasteiger partial charge on any atom is -0.484 e. The van der Waals surface area contributed by atoms with Crippen LogP contribution in [0.2, 0.25) is 0 Å². The van der Waals surface area contributed by atoms with Crippen LogP contribution in [0.4, 0.5) is 4.79 Å².